The Morgan fingerprint density at radius 3 is 3.00 bits per heavy atom. The van der Waals surface area contributed by atoms with Crippen LogP contribution >= 0.6 is 11.5 Å². The van der Waals surface area contributed by atoms with Crippen molar-refractivity contribution in [3.05, 3.63) is 10.6 Å². The Balaban J connectivity index is 2.10. The molecule has 0 atom stereocenters. The van der Waals surface area contributed by atoms with Gasteiger partial charge in [-0.3, -0.25) is 9.59 Å². The van der Waals surface area contributed by atoms with Gasteiger partial charge in [0.15, 0.2) is 0 Å². The van der Waals surface area contributed by atoms with Crippen molar-refractivity contribution in [2.75, 3.05) is 19.6 Å². The standard InChI is InChI=1S/C9H12N4O2S/c1-6-8(16-12-11-6)9(15)13-4-2-7(14)10-3-5-13/h2-5H2,1H3,(H,10,14). The number of nitrogens with zero attached hydrogens (tertiary/aromatic N) is 3. The van der Waals surface area contributed by atoms with Gasteiger partial charge in [0.1, 0.15) is 4.88 Å². The van der Waals surface area contributed by atoms with Crippen LogP contribution in [-0.2, 0) is 4.79 Å². The van der Waals surface area contributed by atoms with Gasteiger partial charge in [-0.25, -0.2) is 0 Å². The van der Waals surface area contributed by atoms with Crippen molar-refractivity contribution in [1.29, 1.82) is 0 Å². The van der Waals surface area contributed by atoms with Crippen molar-refractivity contribution in [3.63, 3.8) is 0 Å². The first-order valence-corrected chi connectivity index (χ1v) is 5.81. The van der Waals surface area contributed by atoms with Crippen LogP contribution in [0.25, 0.3) is 0 Å². The fraction of sp³-hybridized carbons (Fsp3) is 0.556. The Kier molecular flexibility index (Phi) is 3.14. The average Bonchev–Trinajstić information content (AvgIpc) is 2.56. The lowest BCUT2D eigenvalue weighted by Gasteiger charge is -2.18. The molecule has 0 spiro atoms. The van der Waals surface area contributed by atoms with Gasteiger partial charge in [0.05, 0.1) is 5.69 Å². The number of amides is 2. The summed E-state index contributed by atoms with van der Waals surface area (Å²) in [6.45, 7) is 3.28. The number of aromatic nitrogens is 2. The molecule has 1 fully saturated rings. The zero-order valence-corrected chi connectivity index (χ0v) is 9.71. The van der Waals surface area contributed by atoms with Crippen LogP contribution in [0, 0.1) is 6.92 Å². The molecule has 7 heteroatoms. The highest BCUT2D eigenvalue weighted by Gasteiger charge is 2.22. The molecule has 1 aliphatic rings. The third-order valence-electron chi connectivity index (χ3n) is 2.45. The molecule has 86 valence electrons. The third-order valence-corrected chi connectivity index (χ3v) is 3.26. The number of hydrogen-bond acceptors (Lipinski definition) is 5. The third kappa shape index (κ3) is 2.19. The summed E-state index contributed by atoms with van der Waals surface area (Å²) >= 11 is 1.10. The normalized spacial score (nSPS) is 16.8. The largest absolute Gasteiger partial charge is 0.354 e. The van der Waals surface area contributed by atoms with Crippen LogP contribution in [-0.4, -0.2) is 45.9 Å². The number of carbonyl (C=O) groups is 2. The smallest absolute Gasteiger partial charge is 0.267 e. The van der Waals surface area contributed by atoms with Gasteiger partial charge < -0.3 is 10.2 Å². The number of hydrogen-bond donors (Lipinski definition) is 1. The van der Waals surface area contributed by atoms with Crippen LogP contribution in [0.4, 0.5) is 0 Å². The molecule has 0 aromatic carbocycles. The van der Waals surface area contributed by atoms with Gasteiger partial charge >= 0.3 is 0 Å². The van der Waals surface area contributed by atoms with Gasteiger partial charge in [-0.05, 0) is 18.5 Å². The summed E-state index contributed by atoms with van der Waals surface area (Å²) in [5.74, 6) is -0.0848. The molecular formula is C9H12N4O2S. The lowest BCUT2D eigenvalue weighted by molar-refractivity contribution is -0.120. The van der Waals surface area contributed by atoms with Crippen molar-refractivity contribution in [2.24, 2.45) is 0 Å². The van der Waals surface area contributed by atoms with Crippen molar-refractivity contribution >= 4 is 23.3 Å². The van der Waals surface area contributed by atoms with Crippen LogP contribution < -0.4 is 5.32 Å². The Bertz CT molecular complexity index is 417. The minimum absolute atomic E-state index is 0.00514. The molecule has 2 amide bonds. The highest BCUT2D eigenvalue weighted by atomic mass is 32.1. The number of nitrogens with one attached hydrogen (secondary N) is 1. The first-order valence-electron chi connectivity index (χ1n) is 5.03. The molecule has 1 N–H and O–H groups in total. The number of carbonyl (C=O) groups excluding carboxylic acids is 2. The molecule has 6 nitrogen and oxygen atoms in total. The van der Waals surface area contributed by atoms with E-state index >= 15 is 0 Å². The van der Waals surface area contributed by atoms with Gasteiger partial charge in [0.2, 0.25) is 5.91 Å². The monoisotopic (exact) mass is 240 g/mol. The molecule has 0 bridgehead atoms. The van der Waals surface area contributed by atoms with Crippen molar-refractivity contribution in [2.45, 2.75) is 13.3 Å². The second-order valence-corrected chi connectivity index (χ2v) is 4.33. The van der Waals surface area contributed by atoms with Crippen LogP contribution in [0.15, 0.2) is 0 Å². The van der Waals surface area contributed by atoms with E-state index in [1.807, 2.05) is 0 Å². The summed E-state index contributed by atoms with van der Waals surface area (Å²) in [6.07, 6.45) is 0.358. The highest BCUT2D eigenvalue weighted by Crippen LogP contribution is 2.13. The summed E-state index contributed by atoms with van der Waals surface area (Å²) in [4.78, 5) is 25.4. The minimum atomic E-state index is -0.0796. The fourth-order valence-corrected chi connectivity index (χ4v) is 2.17. The zero-order valence-electron chi connectivity index (χ0n) is 8.89. The van der Waals surface area contributed by atoms with E-state index in [2.05, 4.69) is 14.9 Å². The average molecular weight is 240 g/mol. The van der Waals surface area contributed by atoms with Crippen molar-refractivity contribution < 1.29 is 9.59 Å². The molecule has 1 aromatic rings. The molecule has 0 radical (unpaired) electrons. The maximum atomic E-state index is 12.1. The van der Waals surface area contributed by atoms with Crippen LogP contribution in [0.5, 0.6) is 0 Å². The molecule has 1 aliphatic heterocycles. The SMILES string of the molecule is Cc1nnsc1C(=O)N1CCNC(=O)CC1. The van der Waals surface area contributed by atoms with E-state index in [4.69, 9.17) is 0 Å². The predicted molar refractivity (Wildman–Crippen MR) is 58.2 cm³/mol. The van der Waals surface area contributed by atoms with E-state index in [0.29, 0.717) is 36.6 Å². The van der Waals surface area contributed by atoms with Gasteiger partial charge in [0, 0.05) is 26.1 Å². The first-order chi connectivity index (χ1) is 7.68. The lowest BCUT2D eigenvalue weighted by atomic mass is 10.3. The summed E-state index contributed by atoms with van der Waals surface area (Å²) in [6, 6.07) is 0. The minimum Gasteiger partial charge on any atom is -0.354 e. The van der Waals surface area contributed by atoms with E-state index < -0.39 is 0 Å². The maximum absolute atomic E-state index is 12.1. The van der Waals surface area contributed by atoms with Crippen LogP contribution in [0.3, 0.4) is 0 Å². The van der Waals surface area contributed by atoms with Crippen LogP contribution in [0.2, 0.25) is 0 Å². The molecular weight excluding hydrogens is 228 g/mol. The second-order valence-electron chi connectivity index (χ2n) is 3.58. The molecule has 0 saturated carbocycles. The molecule has 1 saturated heterocycles. The number of rotatable bonds is 1. The first kappa shape index (κ1) is 11.0. The van der Waals surface area contributed by atoms with E-state index in [0.717, 1.165) is 11.5 Å². The fourth-order valence-electron chi connectivity index (χ4n) is 1.54. The highest BCUT2D eigenvalue weighted by molar-refractivity contribution is 7.07. The Morgan fingerprint density at radius 2 is 2.31 bits per heavy atom. The quantitative estimate of drug-likeness (QED) is 0.738. The van der Waals surface area contributed by atoms with Gasteiger partial charge in [-0.1, -0.05) is 4.49 Å². The predicted octanol–water partition coefficient (Wildman–Crippen LogP) is -0.191. The van der Waals surface area contributed by atoms with Crippen molar-refractivity contribution in [3.8, 4) is 0 Å². The van der Waals surface area contributed by atoms with Gasteiger partial charge in [-0.15, -0.1) is 5.10 Å². The van der Waals surface area contributed by atoms with Gasteiger partial charge in [-0.2, -0.15) is 0 Å². The summed E-state index contributed by atoms with van der Waals surface area (Å²) in [5, 5.41) is 6.54. The van der Waals surface area contributed by atoms with E-state index in [9.17, 15) is 9.59 Å². The molecule has 0 aliphatic carbocycles. The molecule has 1 aromatic heterocycles. The van der Waals surface area contributed by atoms with E-state index in [-0.39, 0.29) is 11.8 Å². The summed E-state index contributed by atoms with van der Waals surface area (Å²) in [7, 11) is 0. The maximum Gasteiger partial charge on any atom is 0.267 e. The molecule has 2 heterocycles. The van der Waals surface area contributed by atoms with E-state index in [1.165, 1.54) is 0 Å². The Morgan fingerprint density at radius 1 is 1.50 bits per heavy atom. The Hall–Kier alpha value is -1.50. The molecule has 16 heavy (non-hydrogen) atoms. The summed E-state index contributed by atoms with van der Waals surface area (Å²) in [5.41, 5.74) is 0.651. The van der Waals surface area contributed by atoms with Gasteiger partial charge in [0.25, 0.3) is 5.91 Å². The molecule has 0 unspecified atom stereocenters. The topological polar surface area (TPSA) is 75.2 Å². The second kappa shape index (κ2) is 4.56. The van der Waals surface area contributed by atoms with Crippen LogP contribution in [0.1, 0.15) is 21.8 Å². The summed E-state index contributed by atoms with van der Waals surface area (Å²) < 4.78 is 3.74. The lowest BCUT2D eigenvalue weighted by Crippen LogP contribution is -2.34. The van der Waals surface area contributed by atoms with Crippen molar-refractivity contribution in [1.82, 2.24) is 19.8 Å². The zero-order chi connectivity index (χ0) is 11.5. The molecule has 2 rings (SSSR count). The number of aryl methyl sites for hydroxylation is 1. The Labute approximate surface area is 96.8 Å². The van der Waals surface area contributed by atoms with E-state index in [1.54, 1.807) is 11.8 Å².